The van der Waals surface area contributed by atoms with Gasteiger partial charge in [-0.25, -0.2) is 0 Å². The molecular formula is C17H34. The Balaban J connectivity index is 2.70. The average molecular weight is 238 g/mol. The van der Waals surface area contributed by atoms with Gasteiger partial charge in [0.2, 0.25) is 0 Å². The van der Waals surface area contributed by atoms with Crippen molar-refractivity contribution in [2.75, 3.05) is 0 Å². The second-order valence-corrected chi connectivity index (χ2v) is 7.18. The van der Waals surface area contributed by atoms with Crippen molar-refractivity contribution in [2.24, 2.45) is 41.4 Å². The lowest BCUT2D eigenvalue weighted by Crippen LogP contribution is -2.26. The van der Waals surface area contributed by atoms with E-state index >= 15 is 0 Å². The minimum absolute atomic E-state index is 0.838. The normalized spacial score (nSPS) is 37.4. The number of rotatable bonds is 5. The predicted molar refractivity (Wildman–Crippen MR) is 78.0 cm³/mol. The summed E-state index contributed by atoms with van der Waals surface area (Å²) in [5, 5.41) is 0. The van der Waals surface area contributed by atoms with E-state index in [9.17, 15) is 0 Å². The van der Waals surface area contributed by atoms with Crippen LogP contribution in [0.1, 0.15) is 67.7 Å². The molecule has 102 valence electrons. The number of hydrogen-bond acceptors (Lipinski definition) is 0. The van der Waals surface area contributed by atoms with Gasteiger partial charge in [-0.2, -0.15) is 0 Å². The molecule has 0 radical (unpaired) electrons. The van der Waals surface area contributed by atoms with Crippen LogP contribution >= 0.6 is 0 Å². The first kappa shape index (κ1) is 15.1. The molecule has 0 aromatic rings. The van der Waals surface area contributed by atoms with Crippen LogP contribution in [0.25, 0.3) is 0 Å². The highest BCUT2D eigenvalue weighted by molar-refractivity contribution is 4.91. The molecule has 17 heavy (non-hydrogen) atoms. The van der Waals surface area contributed by atoms with Gasteiger partial charge in [0.15, 0.2) is 0 Å². The molecule has 6 unspecified atom stereocenters. The van der Waals surface area contributed by atoms with E-state index in [1.807, 2.05) is 0 Å². The van der Waals surface area contributed by atoms with E-state index in [1.54, 1.807) is 0 Å². The fourth-order valence-electron chi connectivity index (χ4n) is 4.47. The fraction of sp³-hybridized carbons (Fsp3) is 1.00. The summed E-state index contributed by atoms with van der Waals surface area (Å²) < 4.78 is 0. The topological polar surface area (TPSA) is 0 Å². The van der Waals surface area contributed by atoms with Gasteiger partial charge in [0.05, 0.1) is 0 Å². The van der Waals surface area contributed by atoms with Crippen LogP contribution in [0.2, 0.25) is 0 Å². The molecule has 0 heteroatoms. The fourth-order valence-corrected chi connectivity index (χ4v) is 4.47. The third-order valence-corrected chi connectivity index (χ3v) is 5.72. The van der Waals surface area contributed by atoms with Gasteiger partial charge in [0.1, 0.15) is 0 Å². The minimum Gasteiger partial charge on any atom is -0.0654 e. The summed E-state index contributed by atoms with van der Waals surface area (Å²) in [6, 6.07) is 0. The van der Waals surface area contributed by atoms with Crippen molar-refractivity contribution in [3.63, 3.8) is 0 Å². The molecule has 1 aliphatic rings. The second-order valence-electron chi connectivity index (χ2n) is 7.18. The Morgan fingerprint density at radius 3 is 2.12 bits per heavy atom. The summed E-state index contributed by atoms with van der Waals surface area (Å²) in [6.07, 6.45) is 4.25. The molecule has 1 aliphatic carbocycles. The van der Waals surface area contributed by atoms with Crippen molar-refractivity contribution in [2.45, 2.75) is 67.7 Å². The Bertz CT molecular complexity index is 218. The molecule has 0 amide bonds. The zero-order chi connectivity index (χ0) is 13.2. The van der Waals surface area contributed by atoms with Gasteiger partial charge >= 0.3 is 0 Å². The van der Waals surface area contributed by atoms with Crippen LogP contribution in [0.3, 0.4) is 0 Å². The lowest BCUT2D eigenvalue weighted by Gasteiger charge is -2.32. The lowest BCUT2D eigenvalue weighted by atomic mass is 9.73. The summed E-state index contributed by atoms with van der Waals surface area (Å²) in [4.78, 5) is 0. The standard InChI is InChI=1S/C17H34/c1-8-9-12(4)16-10-13(5)17(15(16)7)14(6)11(2)3/h11-17H,8-10H2,1-7H3. The quantitative estimate of drug-likeness (QED) is 0.583. The van der Waals surface area contributed by atoms with Crippen LogP contribution in [0.4, 0.5) is 0 Å². The van der Waals surface area contributed by atoms with Crippen molar-refractivity contribution >= 4 is 0 Å². The van der Waals surface area contributed by atoms with E-state index in [0.717, 1.165) is 41.4 Å². The molecule has 0 saturated heterocycles. The van der Waals surface area contributed by atoms with Gasteiger partial charge in [-0.15, -0.1) is 0 Å². The summed E-state index contributed by atoms with van der Waals surface area (Å²) in [5.74, 6) is 6.47. The monoisotopic (exact) mass is 238 g/mol. The molecule has 0 aromatic carbocycles. The van der Waals surface area contributed by atoms with E-state index < -0.39 is 0 Å². The maximum absolute atomic E-state index is 2.53. The van der Waals surface area contributed by atoms with Crippen LogP contribution in [-0.2, 0) is 0 Å². The molecule has 0 spiro atoms. The third kappa shape index (κ3) is 3.26. The Morgan fingerprint density at radius 1 is 1.06 bits per heavy atom. The van der Waals surface area contributed by atoms with Crippen LogP contribution < -0.4 is 0 Å². The van der Waals surface area contributed by atoms with Crippen molar-refractivity contribution in [3.8, 4) is 0 Å². The molecule has 0 aromatic heterocycles. The molecule has 0 nitrogen and oxygen atoms in total. The lowest BCUT2D eigenvalue weighted by molar-refractivity contribution is 0.163. The highest BCUT2D eigenvalue weighted by Crippen LogP contribution is 2.50. The van der Waals surface area contributed by atoms with Gasteiger partial charge in [-0.3, -0.25) is 0 Å². The molecule has 0 heterocycles. The first-order valence-electron chi connectivity index (χ1n) is 7.90. The van der Waals surface area contributed by atoms with Gasteiger partial charge in [0, 0.05) is 0 Å². The van der Waals surface area contributed by atoms with Crippen LogP contribution in [0, 0.1) is 41.4 Å². The van der Waals surface area contributed by atoms with Crippen molar-refractivity contribution in [3.05, 3.63) is 0 Å². The zero-order valence-electron chi connectivity index (χ0n) is 13.2. The summed E-state index contributed by atoms with van der Waals surface area (Å²) >= 11 is 0. The second kappa shape index (κ2) is 6.25. The zero-order valence-corrected chi connectivity index (χ0v) is 13.2. The maximum atomic E-state index is 2.53. The van der Waals surface area contributed by atoms with Crippen molar-refractivity contribution in [1.82, 2.24) is 0 Å². The van der Waals surface area contributed by atoms with E-state index in [1.165, 1.54) is 19.3 Å². The SMILES string of the molecule is CCCC(C)C1CC(C)C(C(C)C(C)C)C1C. The summed E-state index contributed by atoms with van der Waals surface area (Å²) in [6.45, 7) is 17.1. The predicted octanol–water partition coefficient (Wildman–Crippen LogP) is 5.62. The Labute approximate surface area is 110 Å². The maximum Gasteiger partial charge on any atom is -0.0332 e. The van der Waals surface area contributed by atoms with E-state index in [2.05, 4.69) is 48.5 Å². The molecule has 6 atom stereocenters. The van der Waals surface area contributed by atoms with Gasteiger partial charge in [-0.05, 0) is 47.8 Å². The highest BCUT2D eigenvalue weighted by Gasteiger charge is 2.42. The van der Waals surface area contributed by atoms with Crippen LogP contribution in [0.15, 0.2) is 0 Å². The Kier molecular flexibility index (Phi) is 5.54. The molecule has 1 saturated carbocycles. The molecule has 0 N–H and O–H groups in total. The smallest absolute Gasteiger partial charge is 0.0332 e. The molecule has 0 bridgehead atoms. The van der Waals surface area contributed by atoms with Gasteiger partial charge < -0.3 is 0 Å². The largest absolute Gasteiger partial charge is 0.0654 e. The minimum atomic E-state index is 0.838. The van der Waals surface area contributed by atoms with Gasteiger partial charge in [-0.1, -0.05) is 61.3 Å². The van der Waals surface area contributed by atoms with Gasteiger partial charge in [0.25, 0.3) is 0 Å². The van der Waals surface area contributed by atoms with Crippen LogP contribution in [0.5, 0.6) is 0 Å². The Morgan fingerprint density at radius 2 is 1.65 bits per heavy atom. The van der Waals surface area contributed by atoms with Crippen molar-refractivity contribution < 1.29 is 0 Å². The third-order valence-electron chi connectivity index (χ3n) is 5.72. The molecular weight excluding hydrogens is 204 g/mol. The highest BCUT2D eigenvalue weighted by atomic mass is 14.5. The van der Waals surface area contributed by atoms with Crippen molar-refractivity contribution in [1.29, 1.82) is 0 Å². The molecule has 1 rings (SSSR count). The average Bonchev–Trinajstić information content (AvgIpc) is 2.53. The first-order chi connectivity index (χ1) is 7.90. The number of hydrogen-bond donors (Lipinski definition) is 0. The molecule has 1 fully saturated rings. The van der Waals surface area contributed by atoms with E-state index in [-0.39, 0.29) is 0 Å². The molecule has 0 aliphatic heterocycles. The van der Waals surface area contributed by atoms with E-state index in [4.69, 9.17) is 0 Å². The summed E-state index contributed by atoms with van der Waals surface area (Å²) in [7, 11) is 0. The Hall–Kier alpha value is 0. The van der Waals surface area contributed by atoms with E-state index in [0.29, 0.717) is 0 Å². The van der Waals surface area contributed by atoms with Crippen LogP contribution in [-0.4, -0.2) is 0 Å². The summed E-state index contributed by atoms with van der Waals surface area (Å²) in [5.41, 5.74) is 0. The first-order valence-corrected chi connectivity index (χ1v) is 7.90.